The molecule has 1 saturated carbocycles. The van der Waals surface area contributed by atoms with Crippen molar-refractivity contribution in [2.45, 2.75) is 44.7 Å². The Morgan fingerprint density at radius 1 is 1.14 bits per heavy atom. The Labute approximate surface area is 126 Å². The van der Waals surface area contributed by atoms with Gasteiger partial charge in [0.15, 0.2) is 0 Å². The van der Waals surface area contributed by atoms with Gasteiger partial charge in [0.25, 0.3) is 0 Å². The van der Waals surface area contributed by atoms with Crippen LogP contribution in [0.1, 0.15) is 37.7 Å². The summed E-state index contributed by atoms with van der Waals surface area (Å²) in [6, 6.07) is 11.3. The lowest BCUT2D eigenvalue weighted by Crippen LogP contribution is -2.35. The van der Waals surface area contributed by atoms with Crippen LogP contribution in [0.3, 0.4) is 0 Å². The van der Waals surface area contributed by atoms with Crippen LogP contribution in [-0.4, -0.2) is 17.6 Å². The van der Waals surface area contributed by atoms with Crippen molar-refractivity contribution in [2.24, 2.45) is 11.7 Å². The predicted molar refractivity (Wildman–Crippen MR) is 87.3 cm³/mol. The molecule has 0 amide bonds. The number of hydrogen-bond acceptors (Lipinski definition) is 3. The van der Waals surface area contributed by atoms with E-state index in [1.165, 1.54) is 43.1 Å². The fourth-order valence-electron chi connectivity index (χ4n) is 4.24. The molecule has 1 aliphatic heterocycles. The molecule has 3 nitrogen and oxygen atoms in total. The number of aromatic nitrogens is 1. The van der Waals surface area contributed by atoms with Gasteiger partial charge in [-0.3, -0.25) is 0 Å². The van der Waals surface area contributed by atoms with Crippen LogP contribution in [0.25, 0.3) is 10.9 Å². The molecule has 0 spiro atoms. The molecule has 2 fully saturated rings. The molecule has 2 N–H and O–H groups in total. The van der Waals surface area contributed by atoms with E-state index in [4.69, 9.17) is 10.7 Å². The third-order valence-corrected chi connectivity index (χ3v) is 5.31. The molecule has 3 heteroatoms. The zero-order valence-corrected chi connectivity index (χ0v) is 12.5. The Hall–Kier alpha value is -1.61. The van der Waals surface area contributed by atoms with Crippen molar-refractivity contribution in [1.82, 2.24) is 4.98 Å². The minimum absolute atomic E-state index is 0.581. The van der Waals surface area contributed by atoms with Crippen molar-refractivity contribution in [3.05, 3.63) is 35.9 Å². The highest BCUT2D eigenvalue weighted by molar-refractivity contribution is 5.84. The van der Waals surface area contributed by atoms with Crippen LogP contribution in [0.2, 0.25) is 0 Å². The number of para-hydroxylation sites is 1. The van der Waals surface area contributed by atoms with Crippen molar-refractivity contribution < 1.29 is 0 Å². The van der Waals surface area contributed by atoms with E-state index in [1.807, 2.05) is 0 Å². The van der Waals surface area contributed by atoms with E-state index in [1.54, 1.807) is 0 Å². The van der Waals surface area contributed by atoms with E-state index in [0.29, 0.717) is 12.6 Å². The largest absolute Gasteiger partial charge is 0.353 e. The lowest BCUT2D eigenvalue weighted by Gasteiger charge is -2.32. The second-order valence-electron chi connectivity index (χ2n) is 6.45. The normalized spacial score (nSPS) is 25.3. The standard InChI is InChI=1S/C18H23N3/c19-12-14-11-18(20-16-7-3-2-6-15(14)16)21-10-9-13-5-1-4-8-17(13)21/h2-3,6-7,11,13,17H,1,4-5,8-10,12,19H2. The van der Waals surface area contributed by atoms with Gasteiger partial charge in [-0.15, -0.1) is 0 Å². The number of anilines is 1. The van der Waals surface area contributed by atoms with Crippen molar-refractivity contribution in [3.8, 4) is 0 Å². The fourth-order valence-corrected chi connectivity index (χ4v) is 4.24. The smallest absolute Gasteiger partial charge is 0.129 e. The molecule has 0 bridgehead atoms. The summed E-state index contributed by atoms with van der Waals surface area (Å²) in [6.07, 6.45) is 6.84. The van der Waals surface area contributed by atoms with Gasteiger partial charge in [0, 0.05) is 24.5 Å². The molecule has 2 aliphatic rings. The van der Waals surface area contributed by atoms with Gasteiger partial charge < -0.3 is 10.6 Å². The van der Waals surface area contributed by atoms with Crippen LogP contribution in [-0.2, 0) is 6.54 Å². The maximum atomic E-state index is 5.97. The molecule has 2 aromatic rings. The molecular formula is C18H23N3. The molecule has 1 aliphatic carbocycles. The monoisotopic (exact) mass is 281 g/mol. The maximum Gasteiger partial charge on any atom is 0.129 e. The molecule has 1 saturated heterocycles. The number of nitrogens with two attached hydrogens (primary N) is 1. The highest BCUT2D eigenvalue weighted by Gasteiger charge is 2.36. The molecule has 1 aromatic heterocycles. The number of fused-ring (bicyclic) bond motifs is 2. The van der Waals surface area contributed by atoms with Crippen LogP contribution in [0, 0.1) is 5.92 Å². The Bertz CT molecular complexity index is 652. The number of nitrogens with zero attached hydrogens (tertiary/aromatic N) is 2. The van der Waals surface area contributed by atoms with E-state index in [-0.39, 0.29) is 0 Å². The van der Waals surface area contributed by atoms with E-state index >= 15 is 0 Å². The maximum absolute atomic E-state index is 5.97. The minimum Gasteiger partial charge on any atom is -0.353 e. The Kier molecular flexibility index (Phi) is 3.30. The first-order valence-electron chi connectivity index (χ1n) is 8.22. The molecule has 110 valence electrons. The van der Waals surface area contributed by atoms with Gasteiger partial charge >= 0.3 is 0 Å². The van der Waals surface area contributed by atoms with E-state index < -0.39 is 0 Å². The predicted octanol–water partition coefficient (Wildman–Crippen LogP) is 3.46. The quantitative estimate of drug-likeness (QED) is 0.916. The topological polar surface area (TPSA) is 42.1 Å². The van der Waals surface area contributed by atoms with Crippen LogP contribution in [0.15, 0.2) is 30.3 Å². The van der Waals surface area contributed by atoms with Gasteiger partial charge in [-0.1, -0.05) is 31.0 Å². The summed E-state index contributed by atoms with van der Waals surface area (Å²) in [5.74, 6) is 2.02. The Balaban J connectivity index is 1.76. The lowest BCUT2D eigenvalue weighted by molar-refractivity contribution is 0.341. The fraction of sp³-hybridized carbons (Fsp3) is 0.500. The number of hydrogen-bond donors (Lipinski definition) is 1. The van der Waals surface area contributed by atoms with Gasteiger partial charge in [0.05, 0.1) is 5.52 Å². The van der Waals surface area contributed by atoms with Crippen LogP contribution >= 0.6 is 0 Å². The Morgan fingerprint density at radius 3 is 2.90 bits per heavy atom. The van der Waals surface area contributed by atoms with E-state index in [2.05, 4.69) is 35.2 Å². The summed E-state index contributed by atoms with van der Waals surface area (Å²) in [7, 11) is 0. The SMILES string of the molecule is NCc1cc(N2CCC3CCCCC32)nc2ccccc12. The molecular weight excluding hydrogens is 258 g/mol. The van der Waals surface area contributed by atoms with Crippen molar-refractivity contribution >= 4 is 16.7 Å². The molecule has 21 heavy (non-hydrogen) atoms. The number of benzene rings is 1. The third kappa shape index (κ3) is 2.20. The summed E-state index contributed by atoms with van der Waals surface area (Å²) in [4.78, 5) is 7.48. The van der Waals surface area contributed by atoms with Crippen LogP contribution in [0.4, 0.5) is 5.82 Å². The van der Waals surface area contributed by atoms with Gasteiger partial charge in [-0.05, 0) is 42.9 Å². The van der Waals surface area contributed by atoms with Gasteiger partial charge in [0.2, 0.25) is 0 Å². The molecule has 4 rings (SSSR count). The van der Waals surface area contributed by atoms with E-state index in [9.17, 15) is 0 Å². The molecule has 1 aromatic carbocycles. The first kappa shape index (κ1) is 13.1. The summed E-state index contributed by atoms with van der Waals surface area (Å²) in [5, 5.41) is 1.20. The number of rotatable bonds is 2. The zero-order chi connectivity index (χ0) is 14.2. The zero-order valence-electron chi connectivity index (χ0n) is 12.5. The van der Waals surface area contributed by atoms with Crippen molar-refractivity contribution in [3.63, 3.8) is 0 Å². The average Bonchev–Trinajstić information content (AvgIpc) is 2.98. The number of pyridine rings is 1. The summed E-state index contributed by atoms with van der Waals surface area (Å²) >= 11 is 0. The molecule has 0 radical (unpaired) electrons. The Morgan fingerprint density at radius 2 is 2.00 bits per heavy atom. The average molecular weight is 281 g/mol. The van der Waals surface area contributed by atoms with Crippen LogP contribution in [0.5, 0.6) is 0 Å². The highest BCUT2D eigenvalue weighted by atomic mass is 15.2. The highest BCUT2D eigenvalue weighted by Crippen LogP contribution is 2.39. The summed E-state index contributed by atoms with van der Waals surface area (Å²) in [5.41, 5.74) is 8.26. The van der Waals surface area contributed by atoms with Crippen molar-refractivity contribution in [1.29, 1.82) is 0 Å². The summed E-state index contributed by atoms with van der Waals surface area (Å²) in [6.45, 7) is 1.74. The molecule has 2 heterocycles. The second kappa shape index (κ2) is 5.30. The molecule has 2 atom stereocenters. The van der Waals surface area contributed by atoms with Gasteiger partial charge in [-0.2, -0.15) is 0 Å². The van der Waals surface area contributed by atoms with Gasteiger partial charge in [-0.25, -0.2) is 4.98 Å². The van der Waals surface area contributed by atoms with Crippen LogP contribution < -0.4 is 10.6 Å². The summed E-state index contributed by atoms with van der Waals surface area (Å²) < 4.78 is 0. The lowest BCUT2D eigenvalue weighted by atomic mass is 9.85. The van der Waals surface area contributed by atoms with Gasteiger partial charge in [0.1, 0.15) is 5.82 Å². The van der Waals surface area contributed by atoms with Crippen molar-refractivity contribution in [2.75, 3.05) is 11.4 Å². The van der Waals surface area contributed by atoms with E-state index in [0.717, 1.165) is 23.8 Å². The molecule has 2 unspecified atom stereocenters. The second-order valence-corrected chi connectivity index (χ2v) is 6.45. The first-order chi connectivity index (χ1) is 10.4. The minimum atomic E-state index is 0.581. The third-order valence-electron chi connectivity index (χ3n) is 5.31. The first-order valence-corrected chi connectivity index (χ1v) is 8.22.